The molecule has 0 spiro atoms. The van der Waals surface area contributed by atoms with Crippen LogP contribution >= 0.6 is 0 Å². The van der Waals surface area contributed by atoms with Crippen LogP contribution in [0.2, 0.25) is 0 Å². The van der Waals surface area contributed by atoms with Crippen LogP contribution in [0.3, 0.4) is 0 Å². The number of carbonyl (C=O) groups excluding carboxylic acids is 2. The minimum Gasteiger partial charge on any atom is -0.490 e. The molecule has 2 aromatic rings. The molecule has 0 bridgehead atoms. The van der Waals surface area contributed by atoms with Crippen LogP contribution in [0.4, 0.5) is 10.5 Å². The molecule has 3 N–H and O–H groups in total. The zero-order chi connectivity index (χ0) is 34.8. The molecular weight excluding hydrogens is 632 g/mol. The molecule has 0 radical (unpaired) electrons. The molecule has 266 valence electrons. The van der Waals surface area contributed by atoms with E-state index in [1.54, 1.807) is 48.0 Å². The number of sulfonamides is 1. The van der Waals surface area contributed by atoms with Crippen LogP contribution in [0.5, 0.6) is 5.75 Å². The van der Waals surface area contributed by atoms with Crippen LogP contribution in [0, 0.1) is 12.8 Å². The number of carbonyl (C=O) groups is 2. The molecule has 1 saturated carbocycles. The summed E-state index contributed by atoms with van der Waals surface area (Å²) in [5.74, 6) is -0.263. The average Bonchev–Trinajstić information content (AvgIpc) is 3.06. The van der Waals surface area contributed by atoms with Crippen LogP contribution in [-0.2, 0) is 14.8 Å². The van der Waals surface area contributed by atoms with Crippen molar-refractivity contribution < 1.29 is 32.6 Å². The summed E-state index contributed by atoms with van der Waals surface area (Å²) in [5.41, 5.74) is 1.35. The van der Waals surface area contributed by atoms with Crippen LogP contribution in [-0.4, -0.2) is 92.9 Å². The molecule has 0 unspecified atom stereocenters. The molecule has 4 rings (SSSR count). The van der Waals surface area contributed by atoms with Crippen molar-refractivity contribution in [1.82, 2.24) is 15.1 Å². The Morgan fingerprint density at radius 1 is 1.04 bits per heavy atom. The fourth-order valence-corrected chi connectivity index (χ4v) is 7.31. The van der Waals surface area contributed by atoms with Gasteiger partial charge in [0.2, 0.25) is 0 Å². The van der Waals surface area contributed by atoms with E-state index >= 15 is 0 Å². The summed E-state index contributed by atoms with van der Waals surface area (Å²) < 4.78 is 41.7. The second-order valence-corrected chi connectivity index (χ2v) is 15.3. The van der Waals surface area contributed by atoms with E-state index in [4.69, 9.17) is 9.47 Å². The van der Waals surface area contributed by atoms with Crippen molar-refractivity contribution in [2.75, 3.05) is 38.1 Å². The van der Waals surface area contributed by atoms with E-state index < -0.39 is 22.0 Å². The number of hydrogen-bond acceptors (Lipinski definition) is 7. The lowest BCUT2D eigenvalue weighted by Gasteiger charge is -2.36. The molecule has 2 aromatic carbocycles. The number of aliphatic hydroxyl groups excluding tert-OH is 1. The van der Waals surface area contributed by atoms with Gasteiger partial charge < -0.3 is 29.7 Å². The molecule has 1 heterocycles. The first kappa shape index (κ1) is 37.5. The van der Waals surface area contributed by atoms with E-state index in [1.165, 1.54) is 24.6 Å². The fourth-order valence-electron chi connectivity index (χ4n) is 6.26. The first-order valence-electron chi connectivity index (χ1n) is 17.3. The van der Waals surface area contributed by atoms with Crippen LogP contribution in [0.15, 0.2) is 47.4 Å². The second-order valence-electron chi connectivity index (χ2n) is 13.6. The number of nitrogens with zero attached hydrogens (tertiary/aromatic N) is 2. The first-order chi connectivity index (χ1) is 22.9. The number of nitrogens with one attached hydrogen (secondary N) is 2. The number of fused-ring (bicyclic) bond motifs is 1. The van der Waals surface area contributed by atoms with Gasteiger partial charge >= 0.3 is 6.03 Å². The standard InChI is InChI=1S/C36H54N4O7S/c1-25-14-17-31(18-15-25)48(44,45)38-30-16-19-33-32(21-30)35(42)40(27(3)24-41)22-26(2)34(46-20-10-9-11-28(4)47-33)23-39(5)36(43)37-29-12-7-6-8-13-29/h14-19,21,26-29,34,38,41H,6-13,20,22-24H2,1-5H3,(H,37,43)/t26-,27+,28-,34+/m1/s1. The minimum atomic E-state index is -3.92. The third-order valence-electron chi connectivity index (χ3n) is 9.37. The topological polar surface area (TPSA) is 138 Å². The number of aliphatic hydroxyl groups is 1. The number of benzene rings is 2. The van der Waals surface area contributed by atoms with Crippen molar-refractivity contribution in [1.29, 1.82) is 0 Å². The largest absolute Gasteiger partial charge is 0.490 e. The van der Waals surface area contributed by atoms with Gasteiger partial charge in [0.05, 0.1) is 35.3 Å². The lowest BCUT2D eigenvalue weighted by Crippen LogP contribution is -2.50. The summed E-state index contributed by atoms with van der Waals surface area (Å²) >= 11 is 0. The third-order valence-corrected chi connectivity index (χ3v) is 10.8. The van der Waals surface area contributed by atoms with Gasteiger partial charge in [-0.2, -0.15) is 0 Å². The summed E-state index contributed by atoms with van der Waals surface area (Å²) in [6.07, 6.45) is 7.21. The van der Waals surface area contributed by atoms with Crippen LogP contribution < -0.4 is 14.8 Å². The number of aryl methyl sites for hydroxylation is 1. The van der Waals surface area contributed by atoms with Crippen molar-refractivity contribution in [2.24, 2.45) is 5.92 Å². The quantitative estimate of drug-likeness (QED) is 0.331. The molecule has 48 heavy (non-hydrogen) atoms. The van der Waals surface area contributed by atoms with E-state index in [0.29, 0.717) is 18.9 Å². The molecule has 4 atom stereocenters. The van der Waals surface area contributed by atoms with E-state index in [9.17, 15) is 23.1 Å². The molecular formula is C36H54N4O7S. The number of hydrogen-bond donors (Lipinski definition) is 3. The van der Waals surface area contributed by atoms with Gasteiger partial charge in [0.15, 0.2) is 0 Å². The lowest BCUT2D eigenvalue weighted by atomic mass is 9.96. The van der Waals surface area contributed by atoms with Gasteiger partial charge in [0.1, 0.15) is 5.75 Å². The lowest BCUT2D eigenvalue weighted by molar-refractivity contribution is -0.0123. The van der Waals surface area contributed by atoms with Gasteiger partial charge in [-0.15, -0.1) is 0 Å². The van der Waals surface area contributed by atoms with Crippen LogP contribution in [0.25, 0.3) is 0 Å². The monoisotopic (exact) mass is 686 g/mol. The number of ether oxygens (including phenoxy) is 2. The maximum Gasteiger partial charge on any atom is 0.317 e. The SMILES string of the molecule is Cc1ccc(S(=O)(=O)Nc2ccc3c(c2)C(=O)N([C@@H](C)CO)C[C@@H](C)[C@H](CN(C)C(=O)NC2CCCCC2)OCCCC[C@@H](C)O3)cc1. The van der Waals surface area contributed by atoms with Crippen molar-refractivity contribution in [3.05, 3.63) is 53.6 Å². The maximum atomic E-state index is 14.4. The Labute approximate surface area is 286 Å². The van der Waals surface area contributed by atoms with Gasteiger partial charge in [-0.25, -0.2) is 13.2 Å². The molecule has 1 aliphatic heterocycles. The molecule has 1 aliphatic carbocycles. The Morgan fingerprint density at radius 3 is 2.42 bits per heavy atom. The highest BCUT2D eigenvalue weighted by Crippen LogP contribution is 2.30. The fraction of sp³-hybridized carbons (Fsp3) is 0.611. The Kier molecular flexibility index (Phi) is 13.5. The predicted molar refractivity (Wildman–Crippen MR) is 187 cm³/mol. The van der Waals surface area contributed by atoms with Crippen molar-refractivity contribution in [3.63, 3.8) is 0 Å². The first-order valence-corrected chi connectivity index (χ1v) is 18.8. The summed E-state index contributed by atoms with van der Waals surface area (Å²) in [6, 6.07) is 10.7. The van der Waals surface area contributed by atoms with E-state index in [-0.39, 0.29) is 59.5 Å². The van der Waals surface area contributed by atoms with E-state index in [1.807, 2.05) is 20.8 Å². The third kappa shape index (κ3) is 10.3. The summed E-state index contributed by atoms with van der Waals surface area (Å²) in [7, 11) is -2.15. The summed E-state index contributed by atoms with van der Waals surface area (Å²) in [4.78, 5) is 30.9. The zero-order valence-electron chi connectivity index (χ0n) is 29.1. The van der Waals surface area contributed by atoms with Crippen LogP contribution in [0.1, 0.15) is 88.1 Å². The smallest absolute Gasteiger partial charge is 0.317 e. The van der Waals surface area contributed by atoms with Gasteiger partial charge in [-0.3, -0.25) is 9.52 Å². The highest BCUT2D eigenvalue weighted by atomic mass is 32.2. The van der Waals surface area contributed by atoms with Crippen molar-refractivity contribution >= 4 is 27.6 Å². The summed E-state index contributed by atoms with van der Waals surface area (Å²) in [5, 5.41) is 13.4. The van der Waals surface area contributed by atoms with Gasteiger partial charge in [-0.05, 0) is 83.2 Å². The Bertz CT molecular complexity index is 1460. The molecule has 3 amide bonds. The molecule has 0 aromatic heterocycles. The molecule has 1 fully saturated rings. The normalized spacial score (nSPS) is 22.5. The zero-order valence-corrected chi connectivity index (χ0v) is 29.9. The molecule has 12 heteroatoms. The van der Waals surface area contributed by atoms with E-state index in [0.717, 1.165) is 50.5 Å². The summed E-state index contributed by atoms with van der Waals surface area (Å²) in [6.45, 7) is 8.37. The number of urea groups is 1. The number of anilines is 1. The molecule has 0 saturated heterocycles. The van der Waals surface area contributed by atoms with Crippen molar-refractivity contribution in [3.8, 4) is 5.75 Å². The van der Waals surface area contributed by atoms with Gasteiger partial charge in [0.25, 0.3) is 15.9 Å². The Hall–Kier alpha value is -3.35. The highest BCUT2D eigenvalue weighted by molar-refractivity contribution is 7.92. The second kappa shape index (κ2) is 17.3. The number of likely N-dealkylation sites (N-methyl/N-ethyl adjacent to an activating group) is 1. The molecule has 11 nitrogen and oxygen atoms in total. The van der Waals surface area contributed by atoms with Gasteiger partial charge in [0, 0.05) is 44.4 Å². The average molecular weight is 687 g/mol. The highest BCUT2D eigenvalue weighted by Gasteiger charge is 2.31. The number of amides is 3. The predicted octanol–water partition coefficient (Wildman–Crippen LogP) is 5.57. The van der Waals surface area contributed by atoms with Gasteiger partial charge in [-0.1, -0.05) is 43.9 Å². The van der Waals surface area contributed by atoms with Crippen molar-refractivity contribution in [2.45, 2.75) is 108 Å². The maximum absolute atomic E-state index is 14.4. The Morgan fingerprint density at radius 2 is 1.73 bits per heavy atom. The van der Waals surface area contributed by atoms with E-state index in [2.05, 4.69) is 10.0 Å². The Balaban J connectivity index is 1.61. The minimum absolute atomic E-state index is 0.108. The number of rotatable bonds is 8. The molecule has 2 aliphatic rings.